The number of hydrogen-bond donors (Lipinski definition) is 0. The van der Waals surface area contributed by atoms with Gasteiger partial charge in [-0.25, -0.2) is 0 Å². The zero-order chi connectivity index (χ0) is 11.2. The lowest BCUT2D eigenvalue weighted by Gasteiger charge is -1.96. The lowest BCUT2D eigenvalue weighted by Crippen LogP contribution is -1.82. The SMILES string of the molecule is Cc1cccc(CC#Cc2ccccc2)c1. The number of aryl methyl sites for hydroxylation is 1. The van der Waals surface area contributed by atoms with Crippen molar-refractivity contribution in [1.82, 2.24) is 0 Å². The molecule has 0 nitrogen and oxygen atoms in total. The quantitative estimate of drug-likeness (QED) is 0.625. The van der Waals surface area contributed by atoms with Gasteiger partial charge >= 0.3 is 0 Å². The summed E-state index contributed by atoms with van der Waals surface area (Å²) in [7, 11) is 0. The molecule has 0 heterocycles. The highest BCUT2D eigenvalue weighted by atomic mass is 13.9. The largest absolute Gasteiger partial charge is 0.0931 e. The Morgan fingerprint density at radius 2 is 1.75 bits per heavy atom. The summed E-state index contributed by atoms with van der Waals surface area (Å²) >= 11 is 0. The molecule has 2 rings (SSSR count). The monoisotopic (exact) mass is 206 g/mol. The molecule has 0 saturated heterocycles. The molecule has 0 radical (unpaired) electrons. The fourth-order valence-electron chi connectivity index (χ4n) is 1.59. The molecule has 0 aliphatic heterocycles. The van der Waals surface area contributed by atoms with Crippen LogP contribution in [0.1, 0.15) is 16.7 Å². The highest BCUT2D eigenvalue weighted by molar-refractivity contribution is 5.35. The van der Waals surface area contributed by atoms with Crippen molar-refractivity contribution in [2.24, 2.45) is 0 Å². The normalized spacial score (nSPS) is 9.31. The lowest BCUT2D eigenvalue weighted by atomic mass is 10.1. The molecular formula is C16H14. The van der Waals surface area contributed by atoms with E-state index in [1.54, 1.807) is 0 Å². The van der Waals surface area contributed by atoms with E-state index in [1.165, 1.54) is 11.1 Å². The van der Waals surface area contributed by atoms with Gasteiger partial charge in [0.1, 0.15) is 0 Å². The second kappa shape index (κ2) is 5.19. The van der Waals surface area contributed by atoms with Crippen LogP contribution < -0.4 is 0 Å². The van der Waals surface area contributed by atoms with Crippen LogP contribution >= 0.6 is 0 Å². The first-order valence-corrected chi connectivity index (χ1v) is 5.44. The number of hydrogen-bond acceptors (Lipinski definition) is 0. The van der Waals surface area contributed by atoms with Gasteiger partial charge in [0, 0.05) is 12.0 Å². The van der Waals surface area contributed by atoms with Crippen molar-refractivity contribution in [2.75, 3.05) is 0 Å². The fraction of sp³-hybridized carbons (Fsp3) is 0.125. The summed E-state index contributed by atoms with van der Waals surface area (Å²) < 4.78 is 0. The van der Waals surface area contributed by atoms with Gasteiger partial charge in [-0.05, 0) is 24.6 Å². The molecule has 2 aromatic rings. The zero-order valence-electron chi connectivity index (χ0n) is 9.40. The molecule has 0 aliphatic carbocycles. The van der Waals surface area contributed by atoms with Crippen LogP contribution in [0.5, 0.6) is 0 Å². The maximum absolute atomic E-state index is 3.20. The molecule has 78 valence electrons. The van der Waals surface area contributed by atoms with E-state index in [2.05, 4.69) is 43.0 Å². The van der Waals surface area contributed by atoms with E-state index < -0.39 is 0 Å². The molecule has 0 amide bonds. The van der Waals surface area contributed by atoms with Gasteiger partial charge in [0.2, 0.25) is 0 Å². The van der Waals surface area contributed by atoms with Crippen molar-refractivity contribution >= 4 is 0 Å². The third-order valence-electron chi connectivity index (χ3n) is 2.38. The van der Waals surface area contributed by atoms with Crippen LogP contribution in [0.25, 0.3) is 0 Å². The van der Waals surface area contributed by atoms with E-state index in [9.17, 15) is 0 Å². The van der Waals surface area contributed by atoms with Gasteiger partial charge < -0.3 is 0 Å². The van der Waals surface area contributed by atoms with Crippen molar-refractivity contribution in [3.8, 4) is 11.8 Å². The van der Waals surface area contributed by atoms with Crippen molar-refractivity contribution in [1.29, 1.82) is 0 Å². The minimum atomic E-state index is 0.816. The van der Waals surface area contributed by atoms with E-state index in [-0.39, 0.29) is 0 Å². The van der Waals surface area contributed by atoms with E-state index in [0.29, 0.717) is 0 Å². The van der Waals surface area contributed by atoms with Gasteiger partial charge in [0.15, 0.2) is 0 Å². The molecule has 0 fully saturated rings. The minimum Gasteiger partial charge on any atom is -0.0931 e. The number of benzene rings is 2. The summed E-state index contributed by atoms with van der Waals surface area (Å²) in [6, 6.07) is 18.6. The summed E-state index contributed by atoms with van der Waals surface area (Å²) in [5.74, 6) is 6.36. The molecular weight excluding hydrogens is 192 g/mol. The Labute approximate surface area is 96.9 Å². The fourth-order valence-corrected chi connectivity index (χ4v) is 1.59. The zero-order valence-corrected chi connectivity index (χ0v) is 9.40. The van der Waals surface area contributed by atoms with Crippen LogP contribution in [0.4, 0.5) is 0 Å². The van der Waals surface area contributed by atoms with Crippen molar-refractivity contribution < 1.29 is 0 Å². The molecule has 0 unspecified atom stereocenters. The first-order valence-electron chi connectivity index (χ1n) is 5.44. The highest BCUT2D eigenvalue weighted by Gasteiger charge is 1.89. The topological polar surface area (TPSA) is 0 Å². The van der Waals surface area contributed by atoms with Crippen molar-refractivity contribution in [3.05, 3.63) is 71.3 Å². The predicted molar refractivity (Wildman–Crippen MR) is 68.2 cm³/mol. The minimum absolute atomic E-state index is 0.816. The molecule has 0 aliphatic rings. The molecule has 0 bridgehead atoms. The van der Waals surface area contributed by atoms with Crippen LogP contribution in [-0.4, -0.2) is 0 Å². The van der Waals surface area contributed by atoms with Gasteiger partial charge in [-0.15, -0.1) is 0 Å². The first-order chi connectivity index (χ1) is 7.84. The Hall–Kier alpha value is -2.00. The van der Waals surface area contributed by atoms with E-state index >= 15 is 0 Å². The Bertz CT molecular complexity index is 512. The van der Waals surface area contributed by atoms with Gasteiger partial charge in [-0.2, -0.15) is 0 Å². The van der Waals surface area contributed by atoms with Gasteiger partial charge in [0.25, 0.3) is 0 Å². The molecule has 0 aromatic heterocycles. The predicted octanol–water partition coefficient (Wildman–Crippen LogP) is 3.59. The highest BCUT2D eigenvalue weighted by Crippen LogP contribution is 2.04. The van der Waals surface area contributed by atoms with Gasteiger partial charge in [-0.1, -0.05) is 59.9 Å². The lowest BCUT2D eigenvalue weighted by molar-refractivity contribution is 1.29. The van der Waals surface area contributed by atoms with Crippen LogP contribution in [0, 0.1) is 18.8 Å². The molecule has 16 heavy (non-hydrogen) atoms. The van der Waals surface area contributed by atoms with Crippen LogP contribution in [0.2, 0.25) is 0 Å². The summed E-state index contributed by atoms with van der Waals surface area (Å²) in [6.07, 6.45) is 0.816. The average molecular weight is 206 g/mol. The standard InChI is InChI=1S/C16H14/c1-14-7-5-11-16(13-14)12-6-10-15-8-3-2-4-9-15/h2-5,7-9,11,13H,12H2,1H3. The second-order valence-electron chi connectivity index (χ2n) is 3.83. The third kappa shape index (κ3) is 3.00. The van der Waals surface area contributed by atoms with Crippen molar-refractivity contribution in [2.45, 2.75) is 13.3 Å². The summed E-state index contributed by atoms with van der Waals surface area (Å²) in [6.45, 7) is 2.11. The van der Waals surface area contributed by atoms with Gasteiger partial charge in [0.05, 0.1) is 0 Å². The Balaban J connectivity index is 2.06. The molecule has 0 N–H and O–H groups in total. The first kappa shape index (κ1) is 10.5. The average Bonchev–Trinajstić information content (AvgIpc) is 2.30. The third-order valence-corrected chi connectivity index (χ3v) is 2.38. The smallest absolute Gasteiger partial charge is 0.0344 e. The van der Waals surface area contributed by atoms with E-state index in [4.69, 9.17) is 0 Å². The maximum atomic E-state index is 3.20. The Morgan fingerprint density at radius 3 is 2.50 bits per heavy atom. The molecule has 0 saturated carbocycles. The van der Waals surface area contributed by atoms with Crippen LogP contribution in [0.15, 0.2) is 54.6 Å². The summed E-state index contributed by atoms with van der Waals surface area (Å²) in [4.78, 5) is 0. The Kier molecular flexibility index (Phi) is 3.41. The molecule has 0 heteroatoms. The van der Waals surface area contributed by atoms with Gasteiger partial charge in [-0.3, -0.25) is 0 Å². The maximum Gasteiger partial charge on any atom is 0.0344 e. The van der Waals surface area contributed by atoms with Crippen LogP contribution in [-0.2, 0) is 6.42 Å². The van der Waals surface area contributed by atoms with E-state index in [0.717, 1.165) is 12.0 Å². The Morgan fingerprint density at radius 1 is 0.938 bits per heavy atom. The van der Waals surface area contributed by atoms with Crippen LogP contribution in [0.3, 0.4) is 0 Å². The molecule has 2 aromatic carbocycles. The number of rotatable bonds is 1. The van der Waals surface area contributed by atoms with Crippen molar-refractivity contribution in [3.63, 3.8) is 0 Å². The summed E-state index contributed by atoms with van der Waals surface area (Å²) in [5.41, 5.74) is 3.65. The van der Waals surface area contributed by atoms with E-state index in [1.807, 2.05) is 30.3 Å². The molecule has 0 spiro atoms. The second-order valence-corrected chi connectivity index (χ2v) is 3.83. The summed E-state index contributed by atoms with van der Waals surface area (Å²) in [5, 5.41) is 0. The molecule has 0 atom stereocenters.